The monoisotopic (exact) mass is 356 g/mol. The molecule has 2 aromatic heterocycles. The van der Waals surface area contributed by atoms with Crippen LogP contribution in [0.15, 0.2) is 12.3 Å². The lowest BCUT2D eigenvalue weighted by Crippen LogP contribution is -2.29. The van der Waals surface area contributed by atoms with Gasteiger partial charge >= 0.3 is 0 Å². The van der Waals surface area contributed by atoms with Gasteiger partial charge in [0, 0.05) is 24.4 Å². The fraction of sp³-hybridized carbons (Fsp3) is 0.632. The number of nitrogens with zero attached hydrogens (tertiary/aromatic N) is 3. The molecule has 26 heavy (non-hydrogen) atoms. The quantitative estimate of drug-likeness (QED) is 0.711. The smallest absolute Gasteiger partial charge is 0.242 e. The zero-order valence-corrected chi connectivity index (χ0v) is 15.3. The number of amides is 1. The van der Waals surface area contributed by atoms with E-state index in [-0.39, 0.29) is 12.5 Å². The second kappa shape index (κ2) is 8.03. The number of aryl methyl sites for hydroxylation is 1. The van der Waals surface area contributed by atoms with Gasteiger partial charge in [-0.25, -0.2) is 0 Å². The van der Waals surface area contributed by atoms with Crippen molar-refractivity contribution in [2.45, 2.75) is 64.0 Å². The number of hydrogen-bond donors (Lipinski definition) is 3. The van der Waals surface area contributed by atoms with Gasteiger partial charge in [-0.3, -0.25) is 14.6 Å². The molecule has 0 spiro atoms. The third-order valence-electron chi connectivity index (χ3n) is 5.53. The van der Waals surface area contributed by atoms with Gasteiger partial charge in [-0.1, -0.05) is 6.42 Å². The van der Waals surface area contributed by atoms with Crippen molar-refractivity contribution in [3.05, 3.63) is 34.9 Å². The van der Waals surface area contributed by atoms with Gasteiger partial charge in [0.15, 0.2) is 0 Å². The lowest BCUT2D eigenvalue weighted by Gasteiger charge is -2.20. The van der Waals surface area contributed by atoms with Crippen molar-refractivity contribution in [1.29, 1.82) is 0 Å². The molecule has 2 aliphatic rings. The first-order valence-electron chi connectivity index (χ1n) is 9.85. The Kier molecular flexibility index (Phi) is 5.34. The molecule has 140 valence electrons. The summed E-state index contributed by atoms with van der Waals surface area (Å²) in [5, 5.41) is 18.6. The molecule has 0 aromatic carbocycles. The van der Waals surface area contributed by atoms with Crippen LogP contribution in [0.3, 0.4) is 0 Å². The Labute approximate surface area is 153 Å². The van der Waals surface area contributed by atoms with E-state index in [1.165, 1.54) is 43.4 Å². The van der Waals surface area contributed by atoms with Gasteiger partial charge in [-0.05, 0) is 56.7 Å². The highest BCUT2D eigenvalue weighted by atomic mass is 16.2. The molecule has 2 aromatic rings. The summed E-state index contributed by atoms with van der Waals surface area (Å²) in [5.41, 5.74) is 4.64. The van der Waals surface area contributed by atoms with Gasteiger partial charge in [-0.2, -0.15) is 10.2 Å². The molecule has 0 unspecified atom stereocenters. The van der Waals surface area contributed by atoms with Crippen molar-refractivity contribution in [3.8, 4) is 0 Å². The van der Waals surface area contributed by atoms with E-state index in [9.17, 15) is 4.79 Å². The van der Waals surface area contributed by atoms with E-state index < -0.39 is 0 Å². The molecular weight excluding hydrogens is 328 g/mol. The van der Waals surface area contributed by atoms with E-state index in [1.807, 2.05) is 12.3 Å². The summed E-state index contributed by atoms with van der Waals surface area (Å²) in [6.45, 7) is 2.82. The van der Waals surface area contributed by atoms with E-state index >= 15 is 0 Å². The van der Waals surface area contributed by atoms with Crippen LogP contribution in [-0.2, 0) is 30.7 Å². The molecule has 7 nitrogen and oxygen atoms in total. The number of H-pyrrole nitrogens is 1. The maximum absolute atomic E-state index is 12.3. The number of fused-ring (bicyclic) bond motifs is 1. The molecule has 3 N–H and O–H groups in total. The van der Waals surface area contributed by atoms with Crippen LogP contribution in [0.1, 0.15) is 60.7 Å². The van der Waals surface area contributed by atoms with Crippen LogP contribution >= 0.6 is 0 Å². The van der Waals surface area contributed by atoms with E-state index in [0.29, 0.717) is 12.5 Å². The van der Waals surface area contributed by atoms with Gasteiger partial charge in [0.05, 0.1) is 17.9 Å². The van der Waals surface area contributed by atoms with Crippen molar-refractivity contribution >= 4 is 5.91 Å². The predicted octanol–water partition coefficient (Wildman–Crippen LogP) is 1.66. The van der Waals surface area contributed by atoms with Crippen LogP contribution in [-0.4, -0.2) is 39.0 Å². The van der Waals surface area contributed by atoms with Crippen LogP contribution in [0.5, 0.6) is 0 Å². The summed E-state index contributed by atoms with van der Waals surface area (Å²) in [6.07, 6.45) is 10.1. The highest BCUT2D eigenvalue weighted by Gasteiger charge is 2.19. The minimum atomic E-state index is -0.0215. The van der Waals surface area contributed by atoms with E-state index in [0.717, 1.165) is 37.3 Å². The predicted molar refractivity (Wildman–Crippen MR) is 98.8 cm³/mol. The Balaban J connectivity index is 1.30. The van der Waals surface area contributed by atoms with E-state index in [4.69, 9.17) is 0 Å². The fourth-order valence-electron chi connectivity index (χ4n) is 4.05. The average molecular weight is 356 g/mol. The number of aromatic amines is 1. The molecule has 3 heterocycles. The third kappa shape index (κ3) is 3.98. The van der Waals surface area contributed by atoms with Crippen LogP contribution in [0.2, 0.25) is 0 Å². The van der Waals surface area contributed by atoms with Crippen LogP contribution in [0, 0.1) is 0 Å². The Morgan fingerprint density at radius 2 is 2.19 bits per heavy atom. The standard InChI is InChI=1S/C19H28N6O/c26-19(13-25-10-8-16(24-25)14-5-4-9-20-11-14)21-12-18-15-6-2-1-3-7-17(15)22-23-18/h8,10,14,20H,1-7,9,11-13H2,(H,21,26)(H,22,23)/t14-/m1/s1. The first-order valence-corrected chi connectivity index (χ1v) is 9.85. The van der Waals surface area contributed by atoms with Gasteiger partial charge in [0.2, 0.25) is 5.91 Å². The molecule has 7 heteroatoms. The number of nitrogens with one attached hydrogen (secondary N) is 3. The number of piperidine rings is 1. The van der Waals surface area contributed by atoms with Gasteiger partial charge in [-0.15, -0.1) is 0 Å². The van der Waals surface area contributed by atoms with Crippen molar-refractivity contribution in [2.75, 3.05) is 13.1 Å². The zero-order chi connectivity index (χ0) is 17.8. The molecule has 1 aliphatic heterocycles. The average Bonchev–Trinajstić information content (AvgIpc) is 3.21. The Morgan fingerprint density at radius 1 is 1.27 bits per heavy atom. The summed E-state index contributed by atoms with van der Waals surface area (Å²) in [5.74, 6) is 0.444. The van der Waals surface area contributed by atoms with Crippen molar-refractivity contribution in [1.82, 2.24) is 30.6 Å². The highest BCUT2D eigenvalue weighted by molar-refractivity contribution is 5.75. The molecule has 4 rings (SSSR count). The Morgan fingerprint density at radius 3 is 3.08 bits per heavy atom. The SMILES string of the molecule is O=C(Cn1ccc([C@@H]2CCCNC2)n1)NCc1n[nH]c2c1CCCCC2. The number of hydrogen-bond acceptors (Lipinski definition) is 4. The van der Waals surface area contributed by atoms with Crippen molar-refractivity contribution < 1.29 is 4.79 Å². The van der Waals surface area contributed by atoms with Crippen molar-refractivity contribution in [3.63, 3.8) is 0 Å². The molecule has 1 amide bonds. The molecular formula is C19H28N6O. The normalized spacial score (nSPS) is 20.4. The lowest BCUT2D eigenvalue weighted by atomic mass is 9.97. The highest BCUT2D eigenvalue weighted by Crippen LogP contribution is 2.22. The van der Waals surface area contributed by atoms with E-state index in [2.05, 4.69) is 25.9 Å². The summed E-state index contributed by atoms with van der Waals surface area (Å²) in [6, 6.07) is 2.04. The van der Waals surface area contributed by atoms with E-state index in [1.54, 1.807) is 4.68 Å². The van der Waals surface area contributed by atoms with Gasteiger partial charge in [0.1, 0.15) is 6.54 Å². The van der Waals surface area contributed by atoms with Gasteiger partial charge in [0.25, 0.3) is 0 Å². The first-order chi connectivity index (χ1) is 12.8. The fourth-order valence-corrected chi connectivity index (χ4v) is 4.05. The maximum Gasteiger partial charge on any atom is 0.242 e. The number of rotatable bonds is 5. The van der Waals surface area contributed by atoms with Gasteiger partial charge < -0.3 is 10.6 Å². The van der Waals surface area contributed by atoms with Crippen LogP contribution in [0.25, 0.3) is 0 Å². The summed E-state index contributed by atoms with van der Waals surface area (Å²) >= 11 is 0. The summed E-state index contributed by atoms with van der Waals surface area (Å²) < 4.78 is 1.74. The maximum atomic E-state index is 12.3. The number of carbonyl (C=O) groups is 1. The Bertz CT molecular complexity index is 743. The summed E-state index contributed by atoms with van der Waals surface area (Å²) in [4.78, 5) is 12.3. The topological polar surface area (TPSA) is 87.6 Å². The van der Waals surface area contributed by atoms with Crippen LogP contribution in [0.4, 0.5) is 0 Å². The second-order valence-electron chi connectivity index (χ2n) is 7.45. The number of carbonyl (C=O) groups excluding carboxylic acids is 1. The second-order valence-corrected chi connectivity index (χ2v) is 7.45. The Hall–Kier alpha value is -2.15. The zero-order valence-electron chi connectivity index (χ0n) is 15.3. The number of aromatic nitrogens is 4. The lowest BCUT2D eigenvalue weighted by molar-refractivity contribution is -0.122. The molecule has 0 saturated carbocycles. The molecule has 1 saturated heterocycles. The van der Waals surface area contributed by atoms with Crippen molar-refractivity contribution in [2.24, 2.45) is 0 Å². The van der Waals surface area contributed by atoms with Crippen LogP contribution < -0.4 is 10.6 Å². The molecule has 0 bridgehead atoms. The third-order valence-corrected chi connectivity index (χ3v) is 5.53. The minimum absolute atomic E-state index is 0.0215. The largest absolute Gasteiger partial charge is 0.349 e. The molecule has 1 atom stereocenters. The summed E-state index contributed by atoms with van der Waals surface area (Å²) in [7, 11) is 0. The molecule has 1 fully saturated rings. The first kappa shape index (κ1) is 17.3. The minimum Gasteiger partial charge on any atom is -0.349 e. The molecule has 0 radical (unpaired) electrons. The molecule has 1 aliphatic carbocycles.